The monoisotopic (exact) mass is 337 g/mol. The number of non-ortho nitro benzene ring substituents is 1. The summed E-state index contributed by atoms with van der Waals surface area (Å²) in [5.74, 6) is 0.0918. The van der Waals surface area contributed by atoms with Crippen LogP contribution in [0.25, 0.3) is 0 Å². The smallest absolute Gasteiger partial charge is 0.274 e. The first-order chi connectivity index (χ1) is 9.69. The molecule has 0 bridgehead atoms. The van der Waals surface area contributed by atoms with Crippen LogP contribution in [0.2, 0.25) is 0 Å². The molecule has 0 saturated heterocycles. The van der Waals surface area contributed by atoms with E-state index in [4.69, 9.17) is 5.73 Å². The van der Waals surface area contributed by atoms with Crippen LogP contribution >= 0.6 is 11.8 Å². The van der Waals surface area contributed by atoms with Crippen molar-refractivity contribution >= 4 is 33.2 Å². The van der Waals surface area contributed by atoms with E-state index in [1.54, 1.807) is 6.92 Å². The van der Waals surface area contributed by atoms with E-state index in [1.807, 2.05) is 6.92 Å². The van der Waals surface area contributed by atoms with Crippen molar-refractivity contribution in [3.8, 4) is 0 Å². The maximum atomic E-state index is 13.9. The van der Waals surface area contributed by atoms with Crippen LogP contribution in [0, 0.1) is 15.9 Å². The molecule has 0 saturated carbocycles. The van der Waals surface area contributed by atoms with E-state index in [1.165, 1.54) is 11.8 Å². The minimum atomic E-state index is -4.18. The molecule has 0 aliphatic rings. The number of nitro groups is 1. The summed E-state index contributed by atoms with van der Waals surface area (Å²) in [6.45, 7) is 3.57. The molecule has 10 heteroatoms. The zero-order valence-electron chi connectivity index (χ0n) is 11.5. The number of halogens is 1. The Bertz CT molecular complexity index is 613. The Hall–Kier alpha value is -1.39. The number of nitrogens with zero attached hydrogens (tertiary/aromatic N) is 1. The fourth-order valence-corrected chi connectivity index (χ4v) is 3.84. The Morgan fingerprint density at radius 2 is 2.14 bits per heavy atom. The van der Waals surface area contributed by atoms with Gasteiger partial charge >= 0.3 is 0 Å². The van der Waals surface area contributed by atoms with Gasteiger partial charge in [-0.3, -0.25) is 10.1 Å². The summed E-state index contributed by atoms with van der Waals surface area (Å²) < 4.78 is 40.4. The lowest BCUT2D eigenvalue weighted by molar-refractivity contribution is -0.385. The van der Waals surface area contributed by atoms with E-state index in [-0.39, 0.29) is 0 Å². The molecular weight excluding hydrogens is 321 g/mol. The van der Waals surface area contributed by atoms with Crippen molar-refractivity contribution in [1.29, 1.82) is 0 Å². The number of sulfonamides is 1. The van der Waals surface area contributed by atoms with E-state index in [2.05, 4.69) is 4.72 Å². The normalized spacial score (nSPS) is 13.1. The molecule has 0 aromatic heterocycles. The average Bonchev–Trinajstić information content (AvgIpc) is 2.34. The van der Waals surface area contributed by atoms with Gasteiger partial charge in [0.1, 0.15) is 4.90 Å². The summed E-state index contributed by atoms with van der Waals surface area (Å²) in [4.78, 5) is 8.97. The van der Waals surface area contributed by atoms with Crippen molar-refractivity contribution in [1.82, 2.24) is 4.72 Å². The van der Waals surface area contributed by atoms with E-state index >= 15 is 0 Å². The van der Waals surface area contributed by atoms with Crippen LogP contribution < -0.4 is 10.5 Å². The maximum absolute atomic E-state index is 13.9. The number of hydrogen-bond acceptors (Lipinski definition) is 6. The maximum Gasteiger partial charge on any atom is 0.274 e. The highest BCUT2D eigenvalue weighted by molar-refractivity contribution is 7.99. The van der Waals surface area contributed by atoms with E-state index in [9.17, 15) is 22.9 Å². The van der Waals surface area contributed by atoms with Gasteiger partial charge < -0.3 is 5.73 Å². The van der Waals surface area contributed by atoms with Gasteiger partial charge in [-0.1, -0.05) is 6.92 Å². The molecule has 1 rings (SSSR count). The van der Waals surface area contributed by atoms with Crippen molar-refractivity contribution in [3.05, 3.63) is 28.1 Å². The number of thioether (sulfide) groups is 1. The van der Waals surface area contributed by atoms with Crippen LogP contribution in [0.1, 0.15) is 13.8 Å². The van der Waals surface area contributed by atoms with Gasteiger partial charge in [-0.05, 0) is 12.7 Å². The van der Waals surface area contributed by atoms with E-state index in [0.29, 0.717) is 11.8 Å². The molecule has 0 amide bonds. The Morgan fingerprint density at radius 1 is 1.52 bits per heavy atom. The van der Waals surface area contributed by atoms with E-state index < -0.39 is 43.1 Å². The highest BCUT2D eigenvalue weighted by Crippen LogP contribution is 2.27. The minimum Gasteiger partial charge on any atom is -0.397 e. The number of anilines is 1. The lowest BCUT2D eigenvalue weighted by Gasteiger charge is -2.15. The topological polar surface area (TPSA) is 115 Å². The number of benzene rings is 1. The van der Waals surface area contributed by atoms with Gasteiger partial charge in [0.15, 0.2) is 5.82 Å². The molecule has 1 aromatic carbocycles. The third-order valence-corrected chi connectivity index (χ3v) is 5.29. The van der Waals surface area contributed by atoms with Gasteiger partial charge in [0.25, 0.3) is 5.69 Å². The second-order valence-electron chi connectivity index (χ2n) is 4.28. The standard InChI is InChI=1S/C11H16FN3O4S2/c1-3-20-6-7(2)14-21(18,19)11-9(12)4-8(15(16)17)5-10(11)13/h4-5,7,14H,3,6,13H2,1-2H3. The summed E-state index contributed by atoms with van der Waals surface area (Å²) >= 11 is 1.53. The SMILES string of the molecule is CCSCC(C)NS(=O)(=O)c1c(N)cc([N+](=O)[O-])cc1F. The summed E-state index contributed by atoms with van der Waals surface area (Å²) in [5.41, 5.74) is 4.36. The Labute approximate surface area is 126 Å². The molecular formula is C11H16FN3O4S2. The first-order valence-electron chi connectivity index (χ1n) is 6.02. The van der Waals surface area contributed by atoms with Crippen LogP contribution in [-0.4, -0.2) is 30.9 Å². The van der Waals surface area contributed by atoms with Crippen molar-refractivity contribution < 1.29 is 17.7 Å². The molecule has 7 nitrogen and oxygen atoms in total. The molecule has 0 radical (unpaired) electrons. The minimum absolute atomic E-state index is 0.422. The summed E-state index contributed by atoms with van der Waals surface area (Å²) in [6, 6.07) is 0.938. The molecule has 1 aromatic rings. The van der Waals surface area contributed by atoms with Crippen molar-refractivity contribution in [2.45, 2.75) is 24.8 Å². The van der Waals surface area contributed by atoms with Crippen molar-refractivity contribution in [2.24, 2.45) is 0 Å². The zero-order valence-corrected chi connectivity index (χ0v) is 13.1. The van der Waals surface area contributed by atoms with Gasteiger partial charge in [0.05, 0.1) is 16.7 Å². The number of nitro benzene ring substituents is 1. The Kier molecular flexibility index (Phi) is 5.93. The number of nitrogens with one attached hydrogen (secondary N) is 1. The first kappa shape index (κ1) is 17.7. The predicted molar refractivity (Wildman–Crippen MR) is 80.2 cm³/mol. The van der Waals surface area contributed by atoms with Gasteiger partial charge in [0.2, 0.25) is 10.0 Å². The third-order valence-electron chi connectivity index (χ3n) is 2.46. The third kappa shape index (κ3) is 4.55. The van der Waals surface area contributed by atoms with Crippen LogP contribution in [0.4, 0.5) is 15.8 Å². The predicted octanol–water partition coefficient (Wildman–Crippen LogP) is 1.74. The number of nitrogens with two attached hydrogens (primary N) is 1. The number of rotatable bonds is 7. The molecule has 0 aliphatic carbocycles. The molecule has 0 spiro atoms. The zero-order chi connectivity index (χ0) is 16.2. The van der Waals surface area contributed by atoms with Gasteiger partial charge in [-0.25, -0.2) is 17.5 Å². The van der Waals surface area contributed by atoms with Crippen LogP contribution in [0.5, 0.6) is 0 Å². The molecule has 3 N–H and O–H groups in total. The lowest BCUT2D eigenvalue weighted by atomic mass is 10.3. The molecule has 118 valence electrons. The second kappa shape index (κ2) is 7.05. The molecule has 1 atom stereocenters. The first-order valence-corrected chi connectivity index (χ1v) is 8.66. The molecule has 21 heavy (non-hydrogen) atoms. The second-order valence-corrected chi connectivity index (χ2v) is 7.25. The summed E-state index contributed by atoms with van der Waals surface area (Å²) in [7, 11) is -4.18. The molecule has 0 fully saturated rings. The van der Waals surface area contributed by atoms with Gasteiger partial charge in [0, 0.05) is 17.9 Å². The van der Waals surface area contributed by atoms with Crippen LogP contribution in [0.3, 0.4) is 0 Å². The highest BCUT2D eigenvalue weighted by Gasteiger charge is 2.27. The number of nitrogen functional groups attached to an aromatic ring is 1. The molecule has 0 aliphatic heterocycles. The van der Waals surface area contributed by atoms with E-state index in [0.717, 1.165) is 11.8 Å². The Balaban J connectivity index is 3.12. The largest absolute Gasteiger partial charge is 0.397 e. The van der Waals surface area contributed by atoms with Crippen LogP contribution in [-0.2, 0) is 10.0 Å². The molecule has 0 heterocycles. The summed E-state index contributed by atoms with van der Waals surface area (Å²) in [5, 5.41) is 10.6. The fourth-order valence-electron chi connectivity index (χ4n) is 1.64. The highest BCUT2D eigenvalue weighted by atomic mass is 32.2. The fraction of sp³-hybridized carbons (Fsp3) is 0.455. The molecule has 1 unspecified atom stereocenters. The average molecular weight is 337 g/mol. The number of hydrogen-bond donors (Lipinski definition) is 2. The summed E-state index contributed by atoms with van der Waals surface area (Å²) in [6.07, 6.45) is 0. The lowest BCUT2D eigenvalue weighted by Crippen LogP contribution is -2.35. The van der Waals surface area contributed by atoms with Gasteiger partial charge in [-0.15, -0.1) is 0 Å². The van der Waals surface area contributed by atoms with Crippen molar-refractivity contribution in [2.75, 3.05) is 17.2 Å². The quantitative estimate of drug-likeness (QED) is 0.445. The van der Waals surface area contributed by atoms with Crippen LogP contribution in [0.15, 0.2) is 17.0 Å². The van der Waals surface area contributed by atoms with Gasteiger partial charge in [-0.2, -0.15) is 11.8 Å². The van der Waals surface area contributed by atoms with Crippen molar-refractivity contribution in [3.63, 3.8) is 0 Å². The Morgan fingerprint density at radius 3 is 2.62 bits per heavy atom.